The third-order valence-electron chi connectivity index (χ3n) is 5.07. The smallest absolute Gasteiger partial charge is 0.242 e. The van der Waals surface area contributed by atoms with Gasteiger partial charge in [0.2, 0.25) is 11.8 Å². The number of likely N-dealkylation sites (tertiary alicyclic amines) is 1. The van der Waals surface area contributed by atoms with Gasteiger partial charge in [-0.2, -0.15) is 0 Å². The molecule has 0 aliphatic carbocycles. The van der Waals surface area contributed by atoms with E-state index in [0.29, 0.717) is 18.7 Å². The normalized spacial score (nSPS) is 18.5. The summed E-state index contributed by atoms with van der Waals surface area (Å²) in [6.45, 7) is 2.12. The first-order chi connectivity index (χ1) is 13.9. The fraction of sp³-hybridized carbons (Fsp3) is 0.364. The Kier molecular flexibility index (Phi) is 6.69. The summed E-state index contributed by atoms with van der Waals surface area (Å²) in [5.74, 6) is -0.512. The van der Waals surface area contributed by atoms with Gasteiger partial charge in [0.1, 0.15) is 18.0 Å². The monoisotopic (exact) mass is 399 g/mol. The zero-order valence-electron chi connectivity index (χ0n) is 16.4. The van der Waals surface area contributed by atoms with E-state index < -0.39 is 12.2 Å². The van der Waals surface area contributed by atoms with E-state index >= 15 is 0 Å². The number of anilines is 1. The highest BCUT2D eigenvalue weighted by atomic mass is 19.1. The molecule has 2 amide bonds. The van der Waals surface area contributed by atoms with E-state index in [1.165, 1.54) is 11.0 Å². The number of halogens is 1. The lowest BCUT2D eigenvalue weighted by molar-refractivity contribution is -0.137. The quantitative estimate of drug-likeness (QED) is 0.625. The van der Waals surface area contributed by atoms with Crippen molar-refractivity contribution in [3.63, 3.8) is 0 Å². The lowest BCUT2D eigenvalue weighted by Gasteiger charge is -2.24. The predicted molar refractivity (Wildman–Crippen MR) is 110 cm³/mol. The highest BCUT2D eigenvalue weighted by molar-refractivity contribution is 5.90. The third-order valence-corrected chi connectivity index (χ3v) is 5.07. The number of phenols is 1. The molecule has 2 aromatic rings. The van der Waals surface area contributed by atoms with E-state index in [-0.39, 0.29) is 37.1 Å². The number of amides is 2. The molecule has 1 aliphatic heterocycles. The molecule has 29 heavy (non-hydrogen) atoms. The summed E-state index contributed by atoms with van der Waals surface area (Å²) in [5.41, 5.74) is 2.60. The molecule has 1 fully saturated rings. The number of carbonyl (C=O) groups excluding carboxylic acids is 2. The Morgan fingerprint density at radius 2 is 1.97 bits per heavy atom. The van der Waals surface area contributed by atoms with E-state index in [0.717, 1.165) is 11.1 Å². The second-order valence-electron chi connectivity index (χ2n) is 7.27. The molecular formula is C22H26FN3O3. The fourth-order valence-electron chi connectivity index (χ4n) is 3.52. The molecule has 6 nitrogen and oxygen atoms in total. The SMILES string of the molecule is Cc1cc(O)ccc1NCC(=O)N1C[C@H](F)C[C@H]1C(=O)NCCc1ccccc1. The van der Waals surface area contributed by atoms with Crippen molar-refractivity contribution >= 4 is 17.5 Å². The van der Waals surface area contributed by atoms with Gasteiger partial charge in [0.25, 0.3) is 0 Å². The van der Waals surface area contributed by atoms with Gasteiger partial charge in [-0.05, 0) is 42.7 Å². The Labute approximate surface area is 169 Å². The van der Waals surface area contributed by atoms with E-state index in [2.05, 4.69) is 10.6 Å². The lowest BCUT2D eigenvalue weighted by atomic mass is 10.1. The van der Waals surface area contributed by atoms with Crippen molar-refractivity contribution in [2.45, 2.75) is 32.0 Å². The van der Waals surface area contributed by atoms with E-state index in [9.17, 15) is 19.1 Å². The molecule has 7 heteroatoms. The fourth-order valence-corrected chi connectivity index (χ4v) is 3.52. The van der Waals surface area contributed by atoms with Crippen LogP contribution in [-0.4, -0.2) is 53.7 Å². The number of rotatable bonds is 7. The van der Waals surface area contributed by atoms with Gasteiger partial charge in [-0.1, -0.05) is 30.3 Å². The van der Waals surface area contributed by atoms with Gasteiger partial charge < -0.3 is 20.6 Å². The highest BCUT2D eigenvalue weighted by Gasteiger charge is 2.39. The molecule has 1 heterocycles. The molecule has 1 aliphatic rings. The summed E-state index contributed by atoms with van der Waals surface area (Å²) in [6.07, 6.45) is -0.519. The van der Waals surface area contributed by atoms with Crippen molar-refractivity contribution in [1.82, 2.24) is 10.2 Å². The zero-order valence-corrected chi connectivity index (χ0v) is 16.4. The van der Waals surface area contributed by atoms with Crippen LogP contribution in [0.15, 0.2) is 48.5 Å². The third kappa shape index (κ3) is 5.47. The molecule has 0 bridgehead atoms. The number of hydrogen-bond acceptors (Lipinski definition) is 4. The first kappa shape index (κ1) is 20.6. The van der Waals surface area contributed by atoms with Crippen LogP contribution in [0.5, 0.6) is 5.75 Å². The molecule has 0 radical (unpaired) electrons. The standard InChI is InChI=1S/C22H26FN3O3/c1-15-11-18(27)7-8-19(15)25-13-21(28)26-14-17(23)12-20(26)22(29)24-10-9-16-5-3-2-4-6-16/h2-8,11,17,20,25,27H,9-10,12-14H2,1H3,(H,24,29)/t17-,20+/m1/s1. The minimum atomic E-state index is -1.21. The molecule has 3 rings (SSSR count). The number of benzene rings is 2. The summed E-state index contributed by atoms with van der Waals surface area (Å²) in [6, 6.07) is 13.7. The van der Waals surface area contributed by atoms with Crippen molar-refractivity contribution in [3.8, 4) is 5.75 Å². The largest absolute Gasteiger partial charge is 0.508 e. The van der Waals surface area contributed by atoms with Gasteiger partial charge >= 0.3 is 0 Å². The van der Waals surface area contributed by atoms with Crippen LogP contribution >= 0.6 is 0 Å². The summed E-state index contributed by atoms with van der Waals surface area (Å²) in [7, 11) is 0. The number of nitrogens with zero attached hydrogens (tertiary/aromatic N) is 1. The molecule has 0 aromatic heterocycles. The Morgan fingerprint density at radius 1 is 1.21 bits per heavy atom. The number of nitrogens with one attached hydrogen (secondary N) is 2. The minimum Gasteiger partial charge on any atom is -0.508 e. The van der Waals surface area contributed by atoms with Crippen LogP contribution in [0.3, 0.4) is 0 Å². The van der Waals surface area contributed by atoms with Crippen molar-refractivity contribution in [1.29, 1.82) is 0 Å². The second-order valence-corrected chi connectivity index (χ2v) is 7.27. The van der Waals surface area contributed by atoms with E-state index in [4.69, 9.17) is 0 Å². The van der Waals surface area contributed by atoms with E-state index in [1.807, 2.05) is 37.3 Å². The maximum absolute atomic E-state index is 14.0. The molecule has 2 aromatic carbocycles. The van der Waals surface area contributed by atoms with Gasteiger partial charge in [0.05, 0.1) is 13.1 Å². The summed E-state index contributed by atoms with van der Waals surface area (Å²) < 4.78 is 14.0. The predicted octanol–water partition coefficient (Wildman–Crippen LogP) is 2.41. The maximum atomic E-state index is 14.0. The van der Waals surface area contributed by atoms with Gasteiger partial charge in [-0.15, -0.1) is 0 Å². The van der Waals surface area contributed by atoms with Gasteiger partial charge in [-0.25, -0.2) is 4.39 Å². The number of hydrogen-bond donors (Lipinski definition) is 3. The number of phenolic OH excluding ortho intramolecular Hbond substituents is 1. The van der Waals surface area contributed by atoms with Crippen LogP contribution < -0.4 is 10.6 Å². The average molecular weight is 399 g/mol. The number of aryl methyl sites for hydroxylation is 1. The second kappa shape index (κ2) is 9.41. The first-order valence-corrected chi connectivity index (χ1v) is 9.72. The first-order valence-electron chi connectivity index (χ1n) is 9.72. The Hall–Kier alpha value is -3.09. The van der Waals surface area contributed by atoms with Crippen molar-refractivity contribution in [2.75, 3.05) is 25.0 Å². The average Bonchev–Trinajstić information content (AvgIpc) is 3.10. The molecule has 3 N–H and O–H groups in total. The maximum Gasteiger partial charge on any atom is 0.242 e. The van der Waals surface area contributed by atoms with E-state index in [1.54, 1.807) is 12.1 Å². The molecule has 1 saturated heterocycles. The molecule has 0 unspecified atom stereocenters. The van der Waals surface area contributed by atoms with Crippen LogP contribution in [0.1, 0.15) is 17.5 Å². The summed E-state index contributed by atoms with van der Waals surface area (Å²) in [5, 5.41) is 15.3. The zero-order chi connectivity index (χ0) is 20.8. The van der Waals surface area contributed by atoms with Crippen LogP contribution in [0, 0.1) is 6.92 Å². The number of alkyl halides is 1. The van der Waals surface area contributed by atoms with Crippen molar-refractivity contribution < 1.29 is 19.1 Å². The summed E-state index contributed by atoms with van der Waals surface area (Å²) in [4.78, 5) is 26.5. The van der Waals surface area contributed by atoms with Gasteiger partial charge in [0, 0.05) is 18.7 Å². The molecule has 0 spiro atoms. The van der Waals surface area contributed by atoms with Crippen molar-refractivity contribution in [2.24, 2.45) is 0 Å². The Balaban J connectivity index is 1.54. The van der Waals surface area contributed by atoms with Crippen LogP contribution in [0.4, 0.5) is 10.1 Å². The van der Waals surface area contributed by atoms with Crippen LogP contribution in [-0.2, 0) is 16.0 Å². The molecule has 154 valence electrons. The minimum absolute atomic E-state index is 0.0150. The van der Waals surface area contributed by atoms with Gasteiger partial charge in [0.15, 0.2) is 0 Å². The van der Waals surface area contributed by atoms with Crippen molar-refractivity contribution in [3.05, 3.63) is 59.7 Å². The Bertz CT molecular complexity index is 860. The summed E-state index contributed by atoms with van der Waals surface area (Å²) >= 11 is 0. The number of carbonyl (C=O) groups is 2. The van der Waals surface area contributed by atoms with Crippen LogP contribution in [0.25, 0.3) is 0 Å². The molecular weight excluding hydrogens is 373 g/mol. The molecule has 0 saturated carbocycles. The number of aromatic hydroxyl groups is 1. The topological polar surface area (TPSA) is 81.7 Å². The Morgan fingerprint density at radius 3 is 2.69 bits per heavy atom. The highest BCUT2D eigenvalue weighted by Crippen LogP contribution is 2.22. The lowest BCUT2D eigenvalue weighted by Crippen LogP contribution is -2.48. The van der Waals surface area contributed by atoms with Crippen LogP contribution in [0.2, 0.25) is 0 Å². The van der Waals surface area contributed by atoms with Gasteiger partial charge in [-0.3, -0.25) is 9.59 Å². The molecule has 2 atom stereocenters.